The van der Waals surface area contributed by atoms with Crippen LogP contribution in [0.25, 0.3) is 0 Å². The molecule has 0 aromatic heterocycles. The number of rotatable bonds is 5. The number of hydrogen-bond acceptors (Lipinski definition) is 5. The van der Waals surface area contributed by atoms with Crippen LogP contribution in [0.4, 0.5) is 13.2 Å². The first kappa shape index (κ1) is 25.8. The third-order valence-electron chi connectivity index (χ3n) is 5.80. The highest BCUT2D eigenvalue weighted by Crippen LogP contribution is 2.49. The summed E-state index contributed by atoms with van der Waals surface area (Å²) in [4.78, 5) is 35.1. The Bertz CT molecular complexity index is 1290. The van der Waals surface area contributed by atoms with Crippen LogP contribution in [0.1, 0.15) is 33.5 Å². The van der Waals surface area contributed by atoms with E-state index in [2.05, 4.69) is 16.4 Å². The van der Waals surface area contributed by atoms with Crippen LogP contribution in [0.3, 0.4) is 0 Å². The molecule has 0 radical (unpaired) electrons. The molecule has 2 aromatic carbocycles. The zero-order valence-corrected chi connectivity index (χ0v) is 20.2. The van der Waals surface area contributed by atoms with E-state index in [-0.39, 0.29) is 40.0 Å². The number of nitrogens with zero attached hydrogens (tertiary/aromatic N) is 2. The molecule has 188 valence electrons. The number of nitrogens with one attached hydrogen (secondary N) is 1. The van der Waals surface area contributed by atoms with Crippen LogP contribution in [0.5, 0.6) is 0 Å². The monoisotopic (exact) mass is 539 g/mol. The third-order valence-corrected chi connectivity index (χ3v) is 6.24. The topological polar surface area (TPSA) is 80.2 Å². The van der Waals surface area contributed by atoms with Gasteiger partial charge in [-0.05, 0) is 48.4 Å². The zero-order chi connectivity index (χ0) is 26.3. The number of aryl methyl sites for hydroxylation is 1. The number of carbonyl (C=O) groups is 2. The first-order chi connectivity index (χ1) is 16.9. The Morgan fingerprint density at radius 2 is 1.97 bits per heavy atom. The van der Waals surface area contributed by atoms with E-state index in [1.54, 1.807) is 6.92 Å². The third kappa shape index (κ3) is 4.74. The Labute approximate surface area is 214 Å². The lowest BCUT2D eigenvalue weighted by atomic mass is 9.86. The van der Waals surface area contributed by atoms with Crippen molar-refractivity contribution in [1.29, 1.82) is 0 Å². The minimum atomic E-state index is -4.83. The number of oxime groups is 1. The van der Waals surface area contributed by atoms with Crippen molar-refractivity contribution in [3.05, 3.63) is 68.7 Å². The van der Waals surface area contributed by atoms with Gasteiger partial charge < -0.3 is 10.2 Å². The molecule has 2 aliphatic rings. The van der Waals surface area contributed by atoms with Crippen LogP contribution in [0, 0.1) is 19.3 Å². The Kier molecular flexibility index (Phi) is 6.92. The highest BCUT2D eigenvalue weighted by molar-refractivity contribution is 6.34. The minimum Gasteiger partial charge on any atom is -0.374 e. The van der Waals surface area contributed by atoms with Crippen LogP contribution < -0.4 is 5.32 Å². The molecule has 2 atom stereocenters. The predicted molar refractivity (Wildman–Crippen MR) is 125 cm³/mol. The molecular formula is C24H18Cl2F3N3O4. The molecule has 2 amide bonds. The van der Waals surface area contributed by atoms with E-state index in [1.165, 1.54) is 24.3 Å². The summed E-state index contributed by atoms with van der Waals surface area (Å²) in [6.45, 7) is 1.49. The zero-order valence-electron chi connectivity index (χ0n) is 18.7. The Hall–Kier alpha value is -3.26. The molecule has 12 heteroatoms. The number of hydroxylamine groups is 2. The lowest BCUT2D eigenvalue weighted by Crippen LogP contribution is -2.43. The maximum atomic E-state index is 14.2. The molecule has 1 N–H and O–H groups in total. The maximum Gasteiger partial charge on any atom is 0.435 e. The van der Waals surface area contributed by atoms with Gasteiger partial charge in [-0.2, -0.15) is 13.2 Å². The van der Waals surface area contributed by atoms with Gasteiger partial charge in [0.15, 0.2) is 0 Å². The summed E-state index contributed by atoms with van der Waals surface area (Å²) >= 11 is 11.9. The van der Waals surface area contributed by atoms with E-state index in [1.807, 2.05) is 0 Å². The summed E-state index contributed by atoms with van der Waals surface area (Å²) in [5.74, 6) is 1.26. The molecule has 1 saturated heterocycles. The van der Waals surface area contributed by atoms with Crippen molar-refractivity contribution in [1.82, 2.24) is 10.4 Å². The molecule has 0 spiro atoms. The van der Waals surface area contributed by atoms with Gasteiger partial charge >= 0.3 is 6.18 Å². The van der Waals surface area contributed by atoms with Gasteiger partial charge in [-0.15, -0.1) is 6.42 Å². The quantitative estimate of drug-likeness (QED) is 0.571. The van der Waals surface area contributed by atoms with Crippen molar-refractivity contribution in [3.63, 3.8) is 0 Å². The van der Waals surface area contributed by atoms with Crippen molar-refractivity contribution < 1.29 is 32.4 Å². The van der Waals surface area contributed by atoms with E-state index >= 15 is 0 Å². The van der Waals surface area contributed by atoms with Crippen molar-refractivity contribution in [2.45, 2.75) is 31.2 Å². The van der Waals surface area contributed by atoms with Crippen molar-refractivity contribution in [3.8, 4) is 12.3 Å². The molecular weight excluding hydrogens is 522 g/mol. The van der Waals surface area contributed by atoms with Crippen LogP contribution in [0.2, 0.25) is 10.0 Å². The number of terminal acetylenes is 1. The van der Waals surface area contributed by atoms with Crippen LogP contribution >= 0.6 is 23.2 Å². The van der Waals surface area contributed by atoms with Gasteiger partial charge in [0.05, 0.1) is 5.71 Å². The molecule has 0 aliphatic carbocycles. The average Bonchev–Trinajstić information content (AvgIpc) is 3.39. The number of carbonyl (C=O) groups excluding carboxylic acids is 2. The fourth-order valence-corrected chi connectivity index (χ4v) is 4.49. The minimum absolute atomic E-state index is 0.0259. The normalized spacial score (nSPS) is 21.7. The van der Waals surface area contributed by atoms with Gasteiger partial charge in [0, 0.05) is 27.6 Å². The number of amides is 2. The highest BCUT2D eigenvalue weighted by atomic mass is 35.5. The van der Waals surface area contributed by atoms with E-state index in [4.69, 9.17) is 39.3 Å². The number of benzene rings is 2. The molecule has 0 saturated carbocycles. The number of alkyl halides is 3. The second kappa shape index (κ2) is 9.65. The number of halogens is 5. The summed E-state index contributed by atoms with van der Waals surface area (Å²) in [5, 5.41) is 7.34. The summed E-state index contributed by atoms with van der Waals surface area (Å²) < 4.78 is 42.6. The highest BCUT2D eigenvalue weighted by Gasteiger charge is 2.62. The second-order valence-corrected chi connectivity index (χ2v) is 9.09. The maximum absolute atomic E-state index is 14.2. The van der Waals surface area contributed by atoms with Gasteiger partial charge in [-0.1, -0.05) is 40.3 Å². The fourth-order valence-electron chi connectivity index (χ4n) is 3.96. The molecule has 1 fully saturated rings. The lowest BCUT2D eigenvalue weighted by Gasteiger charge is -2.29. The lowest BCUT2D eigenvalue weighted by molar-refractivity contribution is -0.275. The number of hydrogen-bond donors (Lipinski definition) is 1. The van der Waals surface area contributed by atoms with Crippen molar-refractivity contribution in [2.24, 2.45) is 5.16 Å². The smallest absolute Gasteiger partial charge is 0.374 e. The van der Waals surface area contributed by atoms with Crippen molar-refractivity contribution >= 4 is 40.7 Å². The van der Waals surface area contributed by atoms with E-state index in [0.717, 1.165) is 17.2 Å². The van der Waals surface area contributed by atoms with E-state index < -0.39 is 36.1 Å². The summed E-state index contributed by atoms with van der Waals surface area (Å²) in [6, 6.07) is 7.10. The Balaban J connectivity index is 1.54. The molecule has 2 aliphatic heterocycles. The fraction of sp³-hybridized carbons (Fsp3) is 0.292. The predicted octanol–water partition coefficient (Wildman–Crippen LogP) is 4.39. The summed E-state index contributed by atoms with van der Waals surface area (Å²) in [5.41, 5.74) is -2.00. The second-order valence-electron chi connectivity index (χ2n) is 8.22. The molecule has 2 unspecified atom stereocenters. The van der Waals surface area contributed by atoms with Gasteiger partial charge in [-0.25, -0.2) is 5.06 Å². The van der Waals surface area contributed by atoms with Gasteiger partial charge in [-0.3, -0.25) is 14.4 Å². The molecule has 2 aromatic rings. The Morgan fingerprint density at radius 3 is 2.58 bits per heavy atom. The standard InChI is InChI=1S/C24H18Cl2F3N3O4/c1-3-6-32-22(34)20(12-35-32)30-21(33)18-5-4-14(7-13(18)2)19-11-23(36-31-19,24(27,28)29)15-8-16(25)10-17(26)9-15/h1,4-5,7-10,20H,6,11-12H2,2H3,(H,30,33). The van der Waals surface area contributed by atoms with Crippen molar-refractivity contribution in [2.75, 3.05) is 13.2 Å². The van der Waals surface area contributed by atoms with Gasteiger partial charge in [0.25, 0.3) is 17.4 Å². The van der Waals surface area contributed by atoms with E-state index in [0.29, 0.717) is 11.1 Å². The van der Waals surface area contributed by atoms with Crippen LogP contribution in [0.15, 0.2) is 41.6 Å². The Morgan fingerprint density at radius 1 is 1.28 bits per heavy atom. The van der Waals surface area contributed by atoms with Crippen LogP contribution in [-0.2, 0) is 20.1 Å². The van der Waals surface area contributed by atoms with Crippen LogP contribution in [-0.4, -0.2) is 48.0 Å². The molecule has 2 heterocycles. The first-order valence-corrected chi connectivity index (χ1v) is 11.3. The van der Waals surface area contributed by atoms with E-state index in [9.17, 15) is 22.8 Å². The molecule has 0 bridgehead atoms. The first-order valence-electron chi connectivity index (χ1n) is 10.5. The largest absolute Gasteiger partial charge is 0.435 e. The van der Waals surface area contributed by atoms with Gasteiger partial charge in [0.2, 0.25) is 0 Å². The molecule has 4 rings (SSSR count). The molecule has 7 nitrogen and oxygen atoms in total. The van der Waals surface area contributed by atoms with Gasteiger partial charge in [0.1, 0.15) is 19.2 Å². The molecule has 36 heavy (non-hydrogen) atoms. The summed E-state index contributed by atoms with van der Waals surface area (Å²) in [6.07, 6.45) is -0.280. The average molecular weight is 540 g/mol. The summed E-state index contributed by atoms with van der Waals surface area (Å²) in [7, 11) is 0. The SMILES string of the molecule is C#CCN1OCC(NC(=O)c2ccc(C3=NOC(c4cc(Cl)cc(Cl)c4)(C(F)(F)F)C3)cc2C)C1=O.